The zero-order valence-electron chi connectivity index (χ0n) is 13.6. The van der Waals surface area contributed by atoms with Gasteiger partial charge in [0.1, 0.15) is 0 Å². The number of halogens is 2. The number of anilines is 1. The molecule has 1 aromatic heterocycles. The first-order valence-electron chi connectivity index (χ1n) is 7.63. The predicted molar refractivity (Wildman–Crippen MR) is 101 cm³/mol. The number of hydrogen-bond acceptors (Lipinski definition) is 4. The van der Waals surface area contributed by atoms with Crippen LogP contribution in [0.2, 0.25) is 0 Å². The molecule has 8 heteroatoms. The average molecular weight is 437 g/mol. The van der Waals surface area contributed by atoms with E-state index in [1.807, 2.05) is 11.8 Å². The van der Waals surface area contributed by atoms with Crippen LogP contribution in [0.3, 0.4) is 0 Å². The molecule has 0 aliphatic carbocycles. The summed E-state index contributed by atoms with van der Waals surface area (Å²) in [7, 11) is 1.66. The van der Waals surface area contributed by atoms with E-state index in [2.05, 4.69) is 20.6 Å². The van der Waals surface area contributed by atoms with Crippen molar-refractivity contribution in [1.82, 2.24) is 15.6 Å². The van der Waals surface area contributed by atoms with E-state index >= 15 is 0 Å². The lowest BCUT2D eigenvalue weighted by molar-refractivity contribution is 0.208. The van der Waals surface area contributed by atoms with Crippen LogP contribution in [0.4, 0.5) is 10.2 Å². The van der Waals surface area contributed by atoms with Crippen molar-refractivity contribution in [1.29, 1.82) is 0 Å². The van der Waals surface area contributed by atoms with Crippen LogP contribution in [0, 0.1) is 5.82 Å². The Kier molecular flexibility index (Phi) is 9.15. The van der Waals surface area contributed by atoms with Gasteiger partial charge in [0, 0.05) is 39.0 Å². The molecule has 1 aliphatic heterocycles. The largest absolute Gasteiger partial charge is 0.383 e. The van der Waals surface area contributed by atoms with E-state index in [4.69, 9.17) is 4.74 Å². The molecule has 0 amide bonds. The molecule has 0 bridgehead atoms. The Balaban J connectivity index is 0.00000264. The second-order valence-electron chi connectivity index (χ2n) is 5.14. The Morgan fingerprint density at radius 3 is 3.09 bits per heavy atom. The zero-order valence-corrected chi connectivity index (χ0v) is 15.9. The third-order valence-corrected chi connectivity index (χ3v) is 3.48. The lowest BCUT2D eigenvalue weighted by atomic mass is 10.3. The normalized spacial score (nSPS) is 17.8. The van der Waals surface area contributed by atoms with Crippen LogP contribution in [-0.4, -0.2) is 56.9 Å². The minimum Gasteiger partial charge on any atom is -0.383 e. The molecule has 1 aromatic rings. The number of guanidine groups is 1. The Morgan fingerprint density at radius 1 is 1.57 bits per heavy atom. The van der Waals surface area contributed by atoms with Gasteiger partial charge in [0.05, 0.1) is 13.2 Å². The number of pyridine rings is 1. The summed E-state index contributed by atoms with van der Waals surface area (Å²) in [5.74, 6) is 0.921. The van der Waals surface area contributed by atoms with Gasteiger partial charge >= 0.3 is 0 Å². The quantitative estimate of drug-likeness (QED) is 0.307. The topological polar surface area (TPSA) is 61.8 Å². The van der Waals surface area contributed by atoms with Crippen molar-refractivity contribution in [2.24, 2.45) is 4.99 Å². The summed E-state index contributed by atoms with van der Waals surface area (Å²) < 4.78 is 18.8. The summed E-state index contributed by atoms with van der Waals surface area (Å²) in [4.78, 5) is 10.5. The summed E-state index contributed by atoms with van der Waals surface area (Å²) in [6.45, 7) is 5.51. The molecule has 130 valence electrons. The molecule has 23 heavy (non-hydrogen) atoms. The number of aliphatic imine (C=N–C) groups is 1. The molecular weight excluding hydrogens is 412 g/mol. The lowest BCUT2D eigenvalue weighted by Crippen LogP contribution is -2.44. The van der Waals surface area contributed by atoms with Crippen LogP contribution in [0.25, 0.3) is 0 Å². The number of rotatable bonds is 6. The fraction of sp³-hybridized carbons (Fsp3) is 0.600. The maximum absolute atomic E-state index is 13.8. The number of hydrogen-bond donors (Lipinski definition) is 2. The molecule has 2 N–H and O–H groups in total. The Morgan fingerprint density at radius 2 is 2.39 bits per heavy atom. The number of methoxy groups -OCH3 is 1. The third-order valence-electron chi connectivity index (χ3n) is 3.48. The Labute approximate surface area is 153 Å². The van der Waals surface area contributed by atoms with Gasteiger partial charge in [0.2, 0.25) is 0 Å². The van der Waals surface area contributed by atoms with Gasteiger partial charge in [-0.1, -0.05) is 0 Å². The fourth-order valence-electron chi connectivity index (χ4n) is 2.44. The predicted octanol–water partition coefficient (Wildman–Crippen LogP) is 1.62. The van der Waals surface area contributed by atoms with Crippen LogP contribution < -0.4 is 15.5 Å². The van der Waals surface area contributed by atoms with Gasteiger partial charge in [-0.2, -0.15) is 0 Å². The maximum Gasteiger partial charge on any atom is 0.191 e. The summed E-state index contributed by atoms with van der Waals surface area (Å²) in [6, 6.07) is 3.28. The van der Waals surface area contributed by atoms with Crippen molar-refractivity contribution >= 4 is 35.8 Å². The first-order chi connectivity index (χ1) is 10.7. The highest BCUT2D eigenvalue weighted by Crippen LogP contribution is 2.20. The number of aromatic nitrogens is 1. The maximum atomic E-state index is 13.8. The van der Waals surface area contributed by atoms with Crippen LogP contribution in [0.1, 0.15) is 13.3 Å². The minimum absolute atomic E-state index is 0. The van der Waals surface area contributed by atoms with Crippen molar-refractivity contribution in [3.8, 4) is 0 Å². The van der Waals surface area contributed by atoms with E-state index in [0.717, 1.165) is 25.5 Å². The molecule has 0 radical (unpaired) electrons. The van der Waals surface area contributed by atoms with Crippen LogP contribution in [0.15, 0.2) is 23.3 Å². The highest BCUT2D eigenvalue weighted by Gasteiger charge is 2.25. The van der Waals surface area contributed by atoms with Gasteiger partial charge in [-0.25, -0.2) is 9.37 Å². The second-order valence-corrected chi connectivity index (χ2v) is 5.14. The molecule has 1 fully saturated rings. The highest BCUT2D eigenvalue weighted by atomic mass is 127. The van der Waals surface area contributed by atoms with Crippen LogP contribution in [-0.2, 0) is 4.74 Å². The molecule has 0 saturated carbocycles. The summed E-state index contributed by atoms with van der Waals surface area (Å²) >= 11 is 0. The molecule has 6 nitrogen and oxygen atoms in total. The molecule has 1 atom stereocenters. The van der Waals surface area contributed by atoms with Crippen molar-refractivity contribution in [3.05, 3.63) is 24.1 Å². The van der Waals surface area contributed by atoms with E-state index < -0.39 is 0 Å². The number of ether oxygens (including phenoxy) is 1. The summed E-state index contributed by atoms with van der Waals surface area (Å²) in [5.41, 5.74) is 0. The lowest BCUT2D eigenvalue weighted by Gasteiger charge is -2.19. The number of nitrogens with zero attached hydrogens (tertiary/aromatic N) is 3. The van der Waals surface area contributed by atoms with Crippen LogP contribution >= 0.6 is 24.0 Å². The molecule has 1 aliphatic rings. The molecule has 2 rings (SSSR count). The molecule has 0 aromatic carbocycles. The van der Waals surface area contributed by atoms with Crippen molar-refractivity contribution < 1.29 is 9.13 Å². The summed E-state index contributed by atoms with van der Waals surface area (Å²) in [6.07, 6.45) is 2.54. The number of nitrogens with one attached hydrogen (secondary N) is 2. The second kappa shape index (κ2) is 10.6. The van der Waals surface area contributed by atoms with Gasteiger partial charge in [-0.05, 0) is 25.5 Å². The third kappa shape index (κ3) is 6.09. The molecule has 1 unspecified atom stereocenters. The van der Waals surface area contributed by atoms with Crippen LogP contribution in [0.5, 0.6) is 0 Å². The van der Waals surface area contributed by atoms with Gasteiger partial charge in [0.25, 0.3) is 0 Å². The van der Waals surface area contributed by atoms with Gasteiger partial charge in [0.15, 0.2) is 17.6 Å². The van der Waals surface area contributed by atoms with E-state index in [9.17, 15) is 4.39 Å². The summed E-state index contributed by atoms with van der Waals surface area (Å²) in [5, 5.41) is 6.60. The molecule has 2 heterocycles. The van der Waals surface area contributed by atoms with E-state index in [0.29, 0.717) is 25.5 Å². The van der Waals surface area contributed by atoms with Gasteiger partial charge < -0.3 is 20.3 Å². The van der Waals surface area contributed by atoms with E-state index in [1.54, 1.807) is 19.4 Å². The van der Waals surface area contributed by atoms with Crippen molar-refractivity contribution in [2.75, 3.05) is 44.8 Å². The van der Waals surface area contributed by atoms with Gasteiger partial charge in [-0.15, -0.1) is 24.0 Å². The van der Waals surface area contributed by atoms with E-state index in [-0.39, 0.29) is 35.8 Å². The Bertz CT molecular complexity index is 503. The first-order valence-corrected chi connectivity index (χ1v) is 7.63. The van der Waals surface area contributed by atoms with E-state index in [1.165, 1.54) is 6.07 Å². The molecular formula is C15H25FIN5O. The fourth-order valence-corrected chi connectivity index (χ4v) is 2.44. The highest BCUT2D eigenvalue weighted by molar-refractivity contribution is 14.0. The monoisotopic (exact) mass is 437 g/mol. The standard InChI is InChI=1S/C15H24FN5O.HI/c1-3-17-15(19-8-10-22-2)20-12-6-9-21(11-12)14-13(16)5-4-7-18-14;/h4-5,7,12H,3,6,8-11H2,1-2H3,(H2,17,19,20);1H. The smallest absolute Gasteiger partial charge is 0.191 e. The minimum atomic E-state index is -0.274. The van der Waals surface area contributed by atoms with Gasteiger partial charge in [-0.3, -0.25) is 4.99 Å². The van der Waals surface area contributed by atoms with Crippen molar-refractivity contribution in [2.45, 2.75) is 19.4 Å². The SMILES string of the molecule is CCNC(=NCCOC)NC1CCN(c2ncccc2F)C1.I. The average Bonchev–Trinajstić information content (AvgIpc) is 2.96. The first kappa shape index (κ1) is 19.9. The molecule has 1 saturated heterocycles. The Hall–Kier alpha value is -1.16. The zero-order chi connectivity index (χ0) is 15.8. The molecule has 0 spiro atoms. The van der Waals surface area contributed by atoms with Crippen molar-refractivity contribution in [3.63, 3.8) is 0 Å².